The molecule has 1 aromatic rings. The number of rotatable bonds is 8. The van der Waals surface area contributed by atoms with Crippen LogP contribution < -0.4 is 11.2 Å². The maximum absolute atomic E-state index is 9.51. The number of phenolic OH excluding ortho intramolecular Hbond substituents is 1. The molecule has 0 aromatic heterocycles. The SMILES string of the molecule is C=C(/C=C\C)NN(C)N(C)/C(N)=C(\C(=C)CC)c1ccc(O)cc1. The zero-order valence-electron chi connectivity index (χ0n) is 15.0. The minimum Gasteiger partial charge on any atom is -0.508 e. The number of hydrogen-bond acceptors (Lipinski definition) is 5. The van der Waals surface area contributed by atoms with Gasteiger partial charge in [0.25, 0.3) is 0 Å². The molecule has 1 rings (SSSR count). The molecule has 5 nitrogen and oxygen atoms in total. The molecule has 0 unspecified atom stereocenters. The predicted molar refractivity (Wildman–Crippen MR) is 101 cm³/mol. The smallest absolute Gasteiger partial charge is 0.123 e. The standard InChI is InChI=1S/C19H28N4O/c1-7-9-15(4)21-23(6)22(5)19(20)18(14(3)8-2)16-10-12-17(24)13-11-16/h7,9-13,21,24H,3-4,8,20H2,1-2,5-6H3/b9-7-,19-18+. The first-order chi connectivity index (χ1) is 11.3. The molecule has 0 amide bonds. The predicted octanol–water partition coefficient (Wildman–Crippen LogP) is 3.36. The molecule has 0 heterocycles. The van der Waals surface area contributed by atoms with E-state index in [2.05, 4.69) is 18.6 Å². The number of allylic oxidation sites excluding steroid dienone is 4. The van der Waals surface area contributed by atoms with Crippen molar-refractivity contribution in [3.8, 4) is 5.75 Å². The van der Waals surface area contributed by atoms with Crippen molar-refractivity contribution in [3.05, 3.63) is 72.2 Å². The van der Waals surface area contributed by atoms with Crippen molar-refractivity contribution in [1.82, 2.24) is 15.6 Å². The fraction of sp³-hybridized carbons (Fsp3) is 0.263. The van der Waals surface area contributed by atoms with Crippen LogP contribution in [0.2, 0.25) is 0 Å². The zero-order valence-corrected chi connectivity index (χ0v) is 15.0. The van der Waals surface area contributed by atoms with E-state index in [1.54, 1.807) is 22.3 Å². The lowest BCUT2D eigenvalue weighted by atomic mass is 9.97. The average Bonchev–Trinajstić information content (AvgIpc) is 2.55. The average molecular weight is 328 g/mol. The highest BCUT2D eigenvalue weighted by atomic mass is 16.3. The van der Waals surface area contributed by atoms with E-state index in [0.717, 1.165) is 28.8 Å². The lowest BCUT2D eigenvalue weighted by molar-refractivity contribution is 0.0225. The van der Waals surface area contributed by atoms with Gasteiger partial charge in [-0.05, 0) is 42.7 Å². The number of phenols is 1. The molecule has 0 aliphatic rings. The summed E-state index contributed by atoms with van der Waals surface area (Å²) in [5.41, 5.74) is 13.0. The Bertz CT molecular complexity index is 644. The third-order valence-electron chi connectivity index (χ3n) is 3.66. The first kappa shape index (κ1) is 19.4. The van der Waals surface area contributed by atoms with Gasteiger partial charge in [0.2, 0.25) is 0 Å². The lowest BCUT2D eigenvalue weighted by Crippen LogP contribution is -2.47. The Morgan fingerprint density at radius 3 is 2.33 bits per heavy atom. The van der Waals surface area contributed by atoms with Crippen molar-refractivity contribution in [2.24, 2.45) is 5.73 Å². The number of nitrogens with two attached hydrogens (primary N) is 1. The van der Waals surface area contributed by atoms with Crippen molar-refractivity contribution in [3.63, 3.8) is 0 Å². The second kappa shape index (κ2) is 8.84. The molecule has 0 atom stereocenters. The molecule has 0 radical (unpaired) electrons. The Morgan fingerprint density at radius 2 is 1.83 bits per heavy atom. The van der Waals surface area contributed by atoms with E-state index in [-0.39, 0.29) is 5.75 Å². The van der Waals surface area contributed by atoms with Gasteiger partial charge in [-0.3, -0.25) is 5.01 Å². The molecular weight excluding hydrogens is 300 g/mol. The van der Waals surface area contributed by atoms with Crippen LogP contribution in [0.3, 0.4) is 0 Å². The normalized spacial score (nSPS) is 12.2. The van der Waals surface area contributed by atoms with Crippen LogP contribution in [0.25, 0.3) is 5.57 Å². The van der Waals surface area contributed by atoms with Gasteiger partial charge in [0.1, 0.15) is 11.6 Å². The van der Waals surface area contributed by atoms with Crippen LogP contribution in [-0.4, -0.2) is 29.3 Å². The Labute approximate surface area is 145 Å². The number of aromatic hydroxyl groups is 1. The van der Waals surface area contributed by atoms with E-state index < -0.39 is 0 Å². The summed E-state index contributed by atoms with van der Waals surface area (Å²) in [6, 6.07) is 6.94. The molecule has 0 saturated carbocycles. The third kappa shape index (κ3) is 4.93. The summed E-state index contributed by atoms with van der Waals surface area (Å²) in [7, 11) is 3.71. The molecule has 130 valence electrons. The molecule has 0 spiro atoms. The minimum absolute atomic E-state index is 0.216. The highest BCUT2D eigenvalue weighted by Gasteiger charge is 2.16. The van der Waals surface area contributed by atoms with Crippen LogP contribution in [0.5, 0.6) is 5.75 Å². The Morgan fingerprint density at radius 1 is 1.25 bits per heavy atom. The topological polar surface area (TPSA) is 64.8 Å². The molecule has 24 heavy (non-hydrogen) atoms. The van der Waals surface area contributed by atoms with Gasteiger partial charge in [0, 0.05) is 25.4 Å². The highest BCUT2D eigenvalue weighted by Crippen LogP contribution is 2.28. The summed E-state index contributed by atoms with van der Waals surface area (Å²) in [5, 5.41) is 13.0. The quantitative estimate of drug-likeness (QED) is 0.504. The number of hydrazine groups is 2. The molecule has 0 saturated heterocycles. The summed E-state index contributed by atoms with van der Waals surface area (Å²) in [4.78, 5) is 0. The zero-order chi connectivity index (χ0) is 18.3. The fourth-order valence-electron chi connectivity index (χ4n) is 2.18. The number of hydrogen-bond donors (Lipinski definition) is 3. The van der Waals surface area contributed by atoms with Crippen LogP contribution >= 0.6 is 0 Å². The maximum Gasteiger partial charge on any atom is 0.123 e. The second-order valence-corrected chi connectivity index (χ2v) is 5.45. The second-order valence-electron chi connectivity index (χ2n) is 5.45. The lowest BCUT2D eigenvalue weighted by Gasteiger charge is -2.33. The van der Waals surface area contributed by atoms with Gasteiger partial charge in [0.15, 0.2) is 0 Å². The van der Waals surface area contributed by atoms with E-state index >= 15 is 0 Å². The number of benzene rings is 1. The molecule has 5 heteroatoms. The van der Waals surface area contributed by atoms with E-state index in [4.69, 9.17) is 5.73 Å². The number of nitrogens with zero attached hydrogens (tertiary/aromatic N) is 2. The molecule has 0 aliphatic heterocycles. The van der Waals surface area contributed by atoms with Crippen LogP contribution in [0.15, 0.2) is 66.7 Å². The molecule has 0 fully saturated rings. The Hall–Kier alpha value is -2.66. The molecule has 0 aliphatic carbocycles. The third-order valence-corrected chi connectivity index (χ3v) is 3.66. The highest BCUT2D eigenvalue weighted by molar-refractivity contribution is 5.80. The first-order valence-corrected chi connectivity index (χ1v) is 7.84. The molecule has 4 N–H and O–H groups in total. The van der Waals surface area contributed by atoms with E-state index in [1.165, 1.54) is 0 Å². The van der Waals surface area contributed by atoms with Gasteiger partial charge in [-0.1, -0.05) is 38.3 Å². The van der Waals surface area contributed by atoms with Gasteiger partial charge >= 0.3 is 0 Å². The summed E-state index contributed by atoms with van der Waals surface area (Å²) in [6.07, 6.45) is 4.55. The fourth-order valence-corrected chi connectivity index (χ4v) is 2.18. The van der Waals surface area contributed by atoms with Gasteiger partial charge in [0.05, 0.1) is 0 Å². The van der Waals surface area contributed by atoms with Crippen LogP contribution in [0.4, 0.5) is 0 Å². The summed E-state index contributed by atoms with van der Waals surface area (Å²) in [5.74, 6) is 0.768. The van der Waals surface area contributed by atoms with Gasteiger partial charge in [-0.2, -0.15) is 0 Å². The van der Waals surface area contributed by atoms with Crippen molar-refractivity contribution in [2.45, 2.75) is 20.3 Å². The molecule has 0 bridgehead atoms. The van der Waals surface area contributed by atoms with Crippen LogP contribution in [0.1, 0.15) is 25.8 Å². The van der Waals surface area contributed by atoms with E-state index in [1.807, 2.05) is 52.2 Å². The first-order valence-electron chi connectivity index (χ1n) is 7.84. The summed E-state index contributed by atoms with van der Waals surface area (Å²) >= 11 is 0. The largest absolute Gasteiger partial charge is 0.508 e. The molecule has 1 aromatic carbocycles. The van der Waals surface area contributed by atoms with Crippen molar-refractivity contribution in [1.29, 1.82) is 0 Å². The molecular formula is C19H28N4O. The Balaban J connectivity index is 3.19. The van der Waals surface area contributed by atoms with Gasteiger partial charge in [-0.15, -0.1) is 5.12 Å². The minimum atomic E-state index is 0.216. The van der Waals surface area contributed by atoms with Crippen LogP contribution in [-0.2, 0) is 0 Å². The Kier molecular flexibility index (Phi) is 7.14. The summed E-state index contributed by atoms with van der Waals surface area (Å²) in [6.45, 7) is 12.0. The number of nitrogens with one attached hydrogen (secondary N) is 1. The van der Waals surface area contributed by atoms with E-state index in [9.17, 15) is 5.11 Å². The van der Waals surface area contributed by atoms with Gasteiger partial charge < -0.3 is 16.3 Å². The van der Waals surface area contributed by atoms with Crippen molar-refractivity contribution < 1.29 is 5.11 Å². The van der Waals surface area contributed by atoms with Crippen molar-refractivity contribution in [2.75, 3.05) is 14.1 Å². The van der Waals surface area contributed by atoms with Gasteiger partial charge in [-0.25, -0.2) is 0 Å². The summed E-state index contributed by atoms with van der Waals surface area (Å²) < 4.78 is 0. The van der Waals surface area contributed by atoms with E-state index in [0.29, 0.717) is 5.82 Å². The van der Waals surface area contributed by atoms with Crippen molar-refractivity contribution >= 4 is 5.57 Å². The van der Waals surface area contributed by atoms with Crippen LogP contribution in [0, 0.1) is 0 Å². The maximum atomic E-state index is 9.51. The monoisotopic (exact) mass is 328 g/mol.